The number of allylic oxidation sites excluding steroid dienone is 4. The first kappa shape index (κ1) is 22.2. The molecular weight excluding hydrogens is 337 g/mol. The van der Waals surface area contributed by atoms with Crippen LogP contribution in [-0.4, -0.2) is 17.3 Å². The van der Waals surface area contributed by atoms with E-state index in [2.05, 4.69) is 15.8 Å². The molecule has 3 nitrogen and oxygen atoms in total. The van der Waals surface area contributed by atoms with Crippen LogP contribution < -0.4 is 11.0 Å². The predicted molar refractivity (Wildman–Crippen MR) is 111 cm³/mol. The average Bonchev–Trinajstić information content (AvgIpc) is 2.56. The first-order valence-electron chi connectivity index (χ1n) is 7.59. The standard InChI is InChI=1S/C17H20NO2PS.C2H6/c1-4-6-11(7-5-2)15(17(19)20)16(18)12-8-9-14(22-3)13(21)10-12;1-2/h4-10H,1,18,21H2,2-3H3,(H,19,20);1-2H3/b7-5-,11-6+,16-15-;. The van der Waals surface area contributed by atoms with Crippen molar-refractivity contribution >= 4 is 38.0 Å². The van der Waals surface area contributed by atoms with Crippen LogP contribution in [0.15, 0.2) is 65.1 Å². The Balaban J connectivity index is 0.00000254. The highest BCUT2D eigenvalue weighted by molar-refractivity contribution is 7.99. The lowest BCUT2D eigenvalue weighted by Crippen LogP contribution is -2.12. The largest absolute Gasteiger partial charge is 0.478 e. The van der Waals surface area contributed by atoms with Crippen LogP contribution in [0.4, 0.5) is 0 Å². The maximum atomic E-state index is 11.7. The Morgan fingerprint density at radius 3 is 2.42 bits per heavy atom. The molecule has 0 fully saturated rings. The van der Waals surface area contributed by atoms with Crippen molar-refractivity contribution in [2.75, 3.05) is 6.26 Å². The first-order valence-corrected chi connectivity index (χ1v) is 9.39. The molecular formula is C19H26NO2PS. The van der Waals surface area contributed by atoms with Crippen LogP contribution in [0.5, 0.6) is 0 Å². The summed E-state index contributed by atoms with van der Waals surface area (Å²) in [6.45, 7) is 9.44. The van der Waals surface area contributed by atoms with Gasteiger partial charge in [0.05, 0.1) is 11.3 Å². The zero-order chi connectivity index (χ0) is 18.7. The van der Waals surface area contributed by atoms with Crippen molar-refractivity contribution < 1.29 is 9.90 Å². The lowest BCUT2D eigenvalue weighted by molar-refractivity contribution is -0.132. The minimum absolute atomic E-state index is 0.0688. The third kappa shape index (κ3) is 6.03. The molecule has 1 unspecified atom stereocenters. The molecule has 0 saturated carbocycles. The minimum atomic E-state index is -1.07. The molecule has 0 heterocycles. The quantitative estimate of drug-likeness (QED) is 0.341. The second kappa shape index (κ2) is 11.7. The van der Waals surface area contributed by atoms with Gasteiger partial charge in [0, 0.05) is 4.90 Å². The molecule has 1 aromatic carbocycles. The summed E-state index contributed by atoms with van der Waals surface area (Å²) in [5.74, 6) is -1.07. The van der Waals surface area contributed by atoms with E-state index in [0.29, 0.717) is 11.1 Å². The Hall–Kier alpha value is -1.77. The van der Waals surface area contributed by atoms with E-state index < -0.39 is 5.97 Å². The zero-order valence-corrected chi connectivity index (χ0v) is 16.6. The minimum Gasteiger partial charge on any atom is -0.478 e. The number of carboxylic acids is 1. The van der Waals surface area contributed by atoms with Gasteiger partial charge in [-0.05, 0) is 41.8 Å². The number of thioether (sulfide) groups is 1. The van der Waals surface area contributed by atoms with Crippen molar-refractivity contribution in [1.82, 2.24) is 0 Å². The fourth-order valence-electron chi connectivity index (χ4n) is 1.97. The lowest BCUT2D eigenvalue weighted by Gasteiger charge is -2.11. The Bertz CT molecular complexity index is 676. The van der Waals surface area contributed by atoms with Gasteiger partial charge in [0.15, 0.2) is 0 Å². The van der Waals surface area contributed by atoms with E-state index in [9.17, 15) is 9.90 Å². The van der Waals surface area contributed by atoms with Gasteiger partial charge in [-0.15, -0.1) is 21.0 Å². The second-order valence-corrected chi connectivity index (χ2v) is 5.88. The maximum absolute atomic E-state index is 11.7. The molecule has 0 aliphatic carbocycles. The summed E-state index contributed by atoms with van der Waals surface area (Å²) < 4.78 is 0. The summed E-state index contributed by atoms with van der Waals surface area (Å²) in [6.07, 6.45) is 8.64. The van der Waals surface area contributed by atoms with Gasteiger partial charge in [-0.1, -0.05) is 50.8 Å². The summed E-state index contributed by atoms with van der Waals surface area (Å²) in [7, 11) is 2.64. The molecule has 1 rings (SSSR count). The normalized spacial score (nSPS) is 12.3. The van der Waals surface area contributed by atoms with Gasteiger partial charge in [0.25, 0.3) is 0 Å². The van der Waals surface area contributed by atoms with E-state index >= 15 is 0 Å². The smallest absolute Gasteiger partial charge is 0.338 e. The molecule has 0 aromatic heterocycles. The van der Waals surface area contributed by atoms with E-state index in [1.165, 1.54) is 0 Å². The summed E-state index contributed by atoms with van der Waals surface area (Å²) in [5.41, 5.74) is 7.63. The van der Waals surface area contributed by atoms with Crippen LogP contribution in [0.3, 0.4) is 0 Å². The van der Waals surface area contributed by atoms with Crippen molar-refractivity contribution in [3.05, 3.63) is 65.8 Å². The number of hydrogen-bond acceptors (Lipinski definition) is 3. The zero-order valence-electron chi connectivity index (χ0n) is 14.7. The van der Waals surface area contributed by atoms with E-state index in [1.54, 1.807) is 36.1 Å². The predicted octanol–water partition coefficient (Wildman–Crippen LogP) is 4.38. The molecule has 0 saturated heterocycles. The van der Waals surface area contributed by atoms with Crippen LogP contribution in [0, 0.1) is 0 Å². The van der Waals surface area contributed by atoms with E-state index in [1.807, 2.05) is 45.2 Å². The Morgan fingerprint density at radius 1 is 1.38 bits per heavy atom. The van der Waals surface area contributed by atoms with Crippen LogP contribution in [0.2, 0.25) is 0 Å². The maximum Gasteiger partial charge on any atom is 0.338 e. The molecule has 0 aliphatic rings. The van der Waals surface area contributed by atoms with Crippen molar-refractivity contribution in [3.63, 3.8) is 0 Å². The fourth-order valence-corrected chi connectivity index (χ4v) is 3.10. The fraction of sp³-hybridized carbons (Fsp3) is 0.211. The van der Waals surface area contributed by atoms with Gasteiger partial charge in [-0.2, -0.15) is 0 Å². The molecule has 3 N–H and O–H groups in total. The number of carbonyl (C=O) groups is 1. The monoisotopic (exact) mass is 363 g/mol. The van der Waals surface area contributed by atoms with Crippen LogP contribution in [-0.2, 0) is 4.79 Å². The number of aliphatic carboxylic acids is 1. The van der Waals surface area contributed by atoms with Crippen LogP contribution in [0.1, 0.15) is 26.3 Å². The molecule has 24 heavy (non-hydrogen) atoms. The highest BCUT2D eigenvalue weighted by Gasteiger charge is 2.17. The summed E-state index contributed by atoms with van der Waals surface area (Å²) >= 11 is 1.62. The highest BCUT2D eigenvalue weighted by atomic mass is 32.2. The van der Waals surface area contributed by atoms with Gasteiger partial charge in [0.1, 0.15) is 0 Å². The van der Waals surface area contributed by atoms with E-state index in [4.69, 9.17) is 5.73 Å². The third-order valence-corrected chi connectivity index (χ3v) is 4.45. The van der Waals surface area contributed by atoms with Gasteiger partial charge in [0.2, 0.25) is 0 Å². The molecule has 0 bridgehead atoms. The SMILES string of the molecule is C=C/C=C(\C=C/C)C(/C(=O)O)=C(/N)c1ccc(SC)c(P)c1.CC. The van der Waals surface area contributed by atoms with Gasteiger partial charge < -0.3 is 10.8 Å². The molecule has 0 radical (unpaired) electrons. The van der Waals surface area contributed by atoms with E-state index in [0.717, 1.165) is 10.2 Å². The van der Waals surface area contributed by atoms with Gasteiger partial charge >= 0.3 is 5.97 Å². The molecule has 1 aromatic rings. The molecule has 5 heteroatoms. The molecule has 0 amide bonds. The average molecular weight is 363 g/mol. The Labute approximate surface area is 151 Å². The van der Waals surface area contributed by atoms with Crippen molar-refractivity contribution in [1.29, 1.82) is 0 Å². The van der Waals surface area contributed by atoms with Gasteiger partial charge in [-0.3, -0.25) is 0 Å². The van der Waals surface area contributed by atoms with Crippen LogP contribution in [0.25, 0.3) is 5.70 Å². The summed E-state index contributed by atoms with van der Waals surface area (Å²) in [4.78, 5) is 12.8. The van der Waals surface area contributed by atoms with Gasteiger partial charge in [-0.25, -0.2) is 4.79 Å². The lowest BCUT2D eigenvalue weighted by atomic mass is 9.99. The summed E-state index contributed by atoms with van der Waals surface area (Å²) in [6, 6.07) is 5.63. The third-order valence-electron chi connectivity index (χ3n) is 2.96. The Kier molecular flexibility index (Phi) is 10.9. The molecule has 0 spiro atoms. The number of benzene rings is 1. The second-order valence-electron chi connectivity index (χ2n) is 4.41. The molecule has 1 atom stereocenters. The summed E-state index contributed by atoms with van der Waals surface area (Å²) in [5, 5.41) is 10.5. The highest BCUT2D eigenvalue weighted by Crippen LogP contribution is 2.24. The van der Waals surface area contributed by atoms with Crippen molar-refractivity contribution in [2.45, 2.75) is 25.7 Å². The van der Waals surface area contributed by atoms with Crippen LogP contribution >= 0.6 is 21.0 Å². The molecule has 0 aliphatic heterocycles. The van der Waals surface area contributed by atoms with Crippen molar-refractivity contribution in [3.8, 4) is 0 Å². The number of rotatable bonds is 6. The molecule has 130 valence electrons. The number of hydrogen-bond donors (Lipinski definition) is 2. The van der Waals surface area contributed by atoms with Crippen molar-refractivity contribution in [2.24, 2.45) is 5.73 Å². The number of nitrogens with two attached hydrogens (primary N) is 1. The first-order chi connectivity index (χ1) is 11.5. The topological polar surface area (TPSA) is 63.3 Å². The van der Waals surface area contributed by atoms with E-state index in [-0.39, 0.29) is 11.3 Å². The Morgan fingerprint density at radius 2 is 2.00 bits per heavy atom. The number of carboxylic acid groups (broad SMARTS) is 1.